The van der Waals surface area contributed by atoms with Gasteiger partial charge in [0, 0.05) is 16.7 Å². The smallest absolute Gasteiger partial charge is 0.259 e. The van der Waals surface area contributed by atoms with E-state index in [1.54, 1.807) is 18.2 Å². The van der Waals surface area contributed by atoms with Gasteiger partial charge in [0.15, 0.2) is 0 Å². The first-order valence-electron chi connectivity index (χ1n) is 10.1. The Morgan fingerprint density at radius 1 is 0.882 bits per heavy atom. The normalized spacial score (nSPS) is 10.4. The Bertz CT molecular complexity index is 1380. The highest BCUT2D eigenvalue weighted by atomic mass is 32.1. The van der Waals surface area contributed by atoms with Crippen molar-refractivity contribution >= 4 is 54.9 Å². The first kappa shape index (κ1) is 22.9. The molecule has 0 atom stereocenters. The van der Waals surface area contributed by atoms with Gasteiger partial charge in [-0.15, -0.1) is 17.5 Å². The molecule has 7 nitrogen and oxygen atoms in total. The number of benzene rings is 3. The number of hydrogen-bond acceptors (Lipinski definition) is 6. The van der Waals surface area contributed by atoms with Crippen LogP contribution in [-0.4, -0.2) is 24.6 Å². The zero-order valence-electron chi connectivity index (χ0n) is 17.7. The Labute approximate surface area is 202 Å². The van der Waals surface area contributed by atoms with E-state index in [0.717, 1.165) is 16.0 Å². The lowest BCUT2D eigenvalue weighted by Gasteiger charge is -2.12. The minimum absolute atomic E-state index is 0.0446. The Balaban J connectivity index is 1.56. The summed E-state index contributed by atoms with van der Waals surface area (Å²) in [5, 5.41) is 8.21. The number of aromatic nitrogens is 1. The molecular weight excluding hydrogens is 447 g/mol. The van der Waals surface area contributed by atoms with Crippen molar-refractivity contribution in [3.05, 3.63) is 101 Å². The molecule has 0 fully saturated rings. The van der Waals surface area contributed by atoms with E-state index in [4.69, 9.17) is 7.85 Å². The predicted molar refractivity (Wildman–Crippen MR) is 137 cm³/mol. The number of nitrogens with one attached hydrogen (secondary N) is 2. The van der Waals surface area contributed by atoms with Gasteiger partial charge >= 0.3 is 0 Å². The van der Waals surface area contributed by atoms with Crippen molar-refractivity contribution in [1.29, 1.82) is 0 Å². The van der Waals surface area contributed by atoms with Crippen molar-refractivity contribution in [3.8, 4) is 11.1 Å². The Kier molecular flexibility index (Phi) is 6.84. The van der Waals surface area contributed by atoms with Gasteiger partial charge in [-0.25, -0.2) is 4.98 Å². The summed E-state index contributed by atoms with van der Waals surface area (Å²) in [4.78, 5) is 41.6. The standard InChI is InChI=1S/C25H17BN4O3S/c26-17-9-12-23(27-14-17)29-25(32)20-13-18(30-33)10-11-21(20)28-24(31)16-7-5-15(6-8-16)19-3-1-2-4-22(19)34/h1-14,34H,(H,28,31)(H,27,29,32). The molecule has 34 heavy (non-hydrogen) atoms. The van der Waals surface area contributed by atoms with E-state index in [9.17, 15) is 14.5 Å². The first-order valence-corrected chi connectivity index (χ1v) is 10.6. The Morgan fingerprint density at radius 3 is 2.32 bits per heavy atom. The molecule has 0 unspecified atom stereocenters. The number of nitrogens with zero attached hydrogens (tertiary/aromatic N) is 2. The SMILES string of the molecule is [B]c1ccc(NC(=O)c2cc(N=O)ccc2NC(=O)c2ccc(-c3ccccc3S)cc2)nc1. The summed E-state index contributed by atoms with van der Waals surface area (Å²) in [6, 6.07) is 22.0. The van der Waals surface area contributed by atoms with Crippen molar-refractivity contribution in [1.82, 2.24) is 4.98 Å². The van der Waals surface area contributed by atoms with Gasteiger partial charge < -0.3 is 10.6 Å². The average molecular weight is 464 g/mol. The van der Waals surface area contributed by atoms with Gasteiger partial charge in [0.2, 0.25) is 0 Å². The molecule has 0 saturated carbocycles. The molecule has 0 aliphatic rings. The Hall–Kier alpha value is -4.24. The average Bonchev–Trinajstić information content (AvgIpc) is 2.86. The summed E-state index contributed by atoms with van der Waals surface area (Å²) in [7, 11) is 5.62. The summed E-state index contributed by atoms with van der Waals surface area (Å²) in [5.74, 6) is -0.725. The van der Waals surface area contributed by atoms with E-state index >= 15 is 0 Å². The quantitative estimate of drug-likeness (QED) is 0.218. The second-order valence-electron chi connectivity index (χ2n) is 7.30. The molecule has 0 bridgehead atoms. The molecule has 9 heteroatoms. The second-order valence-corrected chi connectivity index (χ2v) is 7.78. The van der Waals surface area contributed by atoms with E-state index in [2.05, 4.69) is 33.4 Å². The van der Waals surface area contributed by atoms with E-state index in [0.29, 0.717) is 11.0 Å². The van der Waals surface area contributed by atoms with Crippen LogP contribution >= 0.6 is 12.6 Å². The van der Waals surface area contributed by atoms with Crippen LogP contribution < -0.4 is 16.1 Å². The fourth-order valence-electron chi connectivity index (χ4n) is 3.26. The van der Waals surface area contributed by atoms with Gasteiger partial charge in [0.25, 0.3) is 11.8 Å². The molecule has 2 amide bonds. The van der Waals surface area contributed by atoms with Crippen LogP contribution in [0.1, 0.15) is 20.7 Å². The molecule has 0 saturated heterocycles. The molecule has 0 spiro atoms. The monoisotopic (exact) mass is 464 g/mol. The third-order valence-corrected chi connectivity index (χ3v) is 5.38. The van der Waals surface area contributed by atoms with Crippen LogP contribution in [0.4, 0.5) is 17.2 Å². The van der Waals surface area contributed by atoms with E-state index in [1.807, 2.05) is 36.4 Å². The minimum Gasteiger partial charge on any atom is -0.321 e. The Morgan fingerprint density at radius 2 is 1.65 bits per heavy atom. The number of pyridine rings is 1. The number of amides is 2. The zero-order valence-corrected chi connectivity index (χ0v) is 18.6. The lowest BCUT2D eigenvalue weighted by molar-refractivity contribution is 0.102. The van der Waals surface area contributed by atoms with Gasteiger partial charge in [-0.2, -0.15) is 0 Å². The molecule has 164 valence electrons. The van der Waals surface area contributed by atoms with E-state index in [1.165, 1.54) is 30.5 Å². The van der Waals surface area contributed by atoms with Crippen LogP contribution in [0.3, 0.4) is 0 Å². The number of nitroso groups, excluding NO2 is 1. The summed E-state index contributed by atoms with van der Waals surface area (Å²) in [6.45, 7) is 0. The van der Waals surface area contributed by atoms with E-state index in [-0.39, 0.29) is 22.8 Å². The summed E-state index contributed by atoms with van der Waals surface area (Å²) in [5.41, 5.74) is 3.03. The van der Waals surface area contributed by atoms with Crippen molar-refractivity contribution < 1.29 is 9.59 Å². The van der Waals surface area contributed by atoms with Gasteiger partial charge in [0.1, 0.15) is 19.4 Å². The molecule has 4 rings (SSSR count). The predicted octanol–water partition coefficient (Wildman–Crippen LogP) is 4.73. The molecule has 2 N–H and O–H groups in total. The lowest BCUT2D eigenvalue weighted by Crippen LogP contribution is -2.19. The van der Waals surface area contributed by atoms with Gasteiger partial charge in [-0.3, -0.25) is 9.59 Å². The second kappa shape index (κ2) is 10.1. The van der Waals surface area contributed by atoms with E-state index < -0.39 is 11.8 Å². The molecule has 0 aliphatic heterocycles. The number of carbonyl (C=O) groups excluding carboxylic acids is 2. The molecule has 4 aromatic rings. The highest BCUT2D eigenvalue weighted by molar-refractivity contribution is 7.80. The fourth-order valence-corrected chi connectivity index (χ4v) is 3.55. The van der Waals surface area contributed by atoms with Gasteiger partial charge in [0.05, 0.1) is 11.3 Å². The number of carbonyl (C=O) groups is 2. The van der Waals surface area contributed by atoms with Gasteiger partial charge in [-0.1, -0.05) is 41.9 Å². The third-order valence-electron chi connectivity index (χ3n) is 4.99. The summed E-state index contributed by atoms with van der Waals surface area (Å²) in [6.07, 6.45) is 1.40. The number of anilines is 2. The van der Waals surface area contributed by atoms with Crippen LogP contribution in [0.2, 0.25) is 0 Å². The largest absolute Gasteiger partial charge is 0.321 e. The minimum atomic E-state index is -0.571. The maximum atomic E-state index is 12.9. The van der Waals surface area contributed by atoms with Crippen LogP contribution in [0, 0.1) is 4.91 Å². The molecular formula is C25H17BN4O3S. The van der Waals surface area contributed by atoms with Crippen LogP contribution in [0.15, 0.2) is 95.1 Å². The highest BCUT2D eigenvalue weighted by Gasteiger charge is 2.17. The van der Waals surface area contributed by atoms with Crippen molar-refractivity contribution in [2.24, 2.45) is 5.18 Å². The molecule has 3 aromatic carbocycles. The lowest BCUT2D eigenvalue weighted by atomic mass is 9.99. The number of hydrogen-bond donors (Lipinski definition) is 3. The fraction of sp³-hybridized carbons (Fsp3) is 0. The number of thiol groups is 1. The summed E-state index contributed by atoms with van der Waals surface area (Å²) >= 11 is 4.47. The molecule has 0 aliphatic carbocycles. The van der Waals surface area contributed by atoms with Crippen LogP contribution in [-0.2, 0) is 0 Å². The third kappa shape index (κ3) is 5.21. The first-order chi connectivity index (χ1) is 16.4. The zero-order chi connectivity index (χ0) is 24.1. The topological polar surface area (TPSA) is 101 Å². The van der Waals surface area contributed by atoms with Crippen molar-refractivity contribution in [2.45, 2.75) is 4.90 Å². The van der Waals surface area contributed by atoms with Crippen LogP contribution in [0.5, 0.6) is 0 Å². The number of rotatable bonds is 6. The van der Waals surface area contributed by atoms with Crippen molar-refractivity contribution in [3.63, 3.8) is 0 Å². The maximum Gasteiger partial charge on any atom is 0.259 e. The van der Waals surface area contributed by atoms with Crippen molar-refractivity contribution in [2.75, 3.05) is 10.6 Å². The molecule has 2 radical (unpaired) electrons. The van der Waals surface area contributed by atoms with Crippen LogP contribution in [0.25, 0.3) is 11.1 Å². The maximum absolute atomic E-state index is 12.9. The van der Waals surface area contributed by atoms with Gasteiger partial charge in [-0.05, 0) is 58.8 Å². The molecule has 1 heterocycles. The highest BCUT2D eigenvalue weighted by Crippen LogP contribution is 2.27. The summed E-state index contributed by atoms with van der Waals surface area (Å²) < 4.78 is 0. The molecule has 1 aromatic heterocycles.